The second-order valence-electron chi connectivity index (χ2n) is 4.63. The van der Waals surface area contributed by atoms with Crippen LogP contribution in [0.2, 0.25) is 0 Å². The molecule has 0 unspecified atom stereocenters. The highest BCUT2D eigenvalue weighted by atomic mass is 19.4. The minimum Gasteiger partial charge on any atom is -0.329 e. The summed E-state index contributed by atoms with van der Waals surface area (Å²) in [5, 5.41) is 4.13. The third-order valence-corrected chi connectivity index (χ3v) is 3.19. The van der Waals surface area contributed by atoms with Crippen LogP contribution in [0.5, 0.6) is 0 Å². The minimum atomic E-state index is -4.69. The first-order valence-electron chi connectivity index (χ1n) is 6.45. The Morgan fingerprint density at radius 2 is 2.09 bits per heavy atom. The van der Waals surface area contributed by atoms with Crippen molar-refractivity contribution >= 4 is 16.8 Å². The van der Waals surface area contributed by atoms with Gasteiger partial charge in [0.2, 0.25) is 11.7 Å². The topological polar surface area (TPSA) is 60.9 Å². The van der Waals surface area contributed by atoms with E-state index in [0.717, 1.165) is 5.39 Å². The molecule has 114 valence electrons. The van der Waals surface area contributed by atoms with E-state index in [1.165, 1.54) is 4.57 Å². The van der Waals surface area contributed by atoms with E-state index < -0.39 is 12.1 Å². The predicted molar refractivity (Wildman–Crippen MR) is 71.1 cm³/mol. The monoisotopic (exact) mass is 309 g/mol. The van der Waals surface area contributed by atoms with Crippen LogP contribution >= 0.6 is 0 Å². The molecule has 0 bridgehead atoms. The highest BCUT2D eigenvalue weighted by Gasteiger charge is 2.38. The van der Waals surface area contributed by atoms with Crippen molar-refractivity contribution in [3.05, 3.63) is 36.4 Å². The van der Waals surface area contributed by atoms with Gasteiger partial charge in [-0.15, -0.1) is 0 Å². The number of aromatic nitrogens is 3. The molecule has 0 N–H and O–H groups in total. The van der Waals surface area contributed by atoms with Crippen LogP contribution in [0.1, 0.15) is 24.0 Å². The van der Waals surface area contributed by atoms with Gasteiger partial charge in [-0.25, -0.2) is 0 Å². The van der Waals surface area contributed by atoms with E-state index in [1.54, 1.807) is 37.4 Å². The van der Waals surface area contributed by atoms with Crippen molar-refractivity contribution in [2.24, 2.45) is 0 Å². The maximum absolute atomic E-state index is 12.5. The maximum Gasteiger partial charge on any atom is 0.471 e. The molecule has 0 spiro atoms. The fourth-order valence-corrected chi connectivity index (χ4v) is 2.11. The molecule has 8 heteroatoms. The van der Waals surface area contributed by atoms with Crippen molar-refractivity contribution < 1.29 is 22.5 Å². The van der Waals surface area contributed by atoms with Crippen LogP contribution in [0.3, 0.4) is 0 Å². The summed E-state index contributed by atoms with van der Waals surface area (Å²) in [6.07, 6.45) is -2.75. The standard InChI is InChI=1S/C14H10F3N3O2/c1-2-11(21)20-6-5-8-3-4-9(7-10(8)20)12-18-13(22-19-12)14(15,16)17/h3-7H,2H2,1H3. The van der Waals surface area contributed by atoms with Crippen LogP contribution in [0.15, 0.2) is 35.0 Å². The van der Waals surface area contributed by atoms with E-state index in [2.05, 4.69) is 14.7 Å². The second-order valence-corrected chi connectivity index (χ2v) is 4.63. The van der Waals surface area contributed by atoms with E-state index >= 15 is 0 Å². The van der Waals surface area contributed by atoms with Crippen LogP contribution in [0.25, 0.3) is 22.3 Å². The van der Waals surface area contributed by atoms with Gasteiger partial charge >= 0.3 is 12.1 Å². The van der Waals surface area contributed by atoms with Crippen LogP contribution in [-0.4, -0.2) is 20.6 Å². The Balaban J connectivity index is 2.08. The molecule has 0 saturated carbocycles. The number of rotatable bonds is 2. The number of carbonyl (C=O) groups excluding carboxylic acids is 1. The highest BCUT2D eigenvalue weighted by Crippen LogP contribution is 2.30. The van der Waals surface area contributed by atoms with E-state index in [-0.39, 0.29) is 11.7 Å². The van der Waals surface area contributed by atoms with Gasteiger partial charge in [0.15, 0.2) is 0 Å². The van der Waals surface area contributed by atoms with Crippen LogP contribution < -0.4 is 0 Å². The molecule has 2 aromatic heterocycles. The number of halogens is 3. The average molecular weight is 309 g/mol. The quantitative estimate of drug-likeness (QED) is 0.723. The molecule has 0 aliphatic heterocycles. The van der Waals surface area contributed by atoms with E-state index in [4.69, 9.17) is 0 Å². The van der Waals surface area contributed by atoms with E-state index in [0.29, 0.717) is 17.5 Å². The molecule has 0 atom stereocenters. The average Bonchev–Trinajstić information content (AvgIpc) is 3.12. The number of carbonyl (C=O) groups is 1. The van der Waals surface area contributed by atoms with E-state index in [9.17, 15) is 18.0 Å². The molecular formula is C14H10F3N3O2. The summed E-state index contributed by atoms with van der Waals surface area (Å²) in [7, 11) is 0. The van der Waals surface area contributed by atoms with Crippen molar-refractivity contribution in [2.45, 2.75) is 19.5 Å². The van der Waals surface area contributed by atoms with Crippen molar-refractivity contribution in [1.82, 2.24) is 14.7 Å². The third-order valence-electron chi connectivity index (χ3n) is 3.19. The zero-order valence-corrected chi connectivity index (χ0v) is 11.4. The molecule has 0 aliphatic carbocycles. The molecule has 3 aromatic rings. The van der Waals surface area contributed by atoms with Crippen LogP contribution in [0.4, 0.5) is 13.2 Å². The summed E-state index contributed by atoms with van der Waals surface area (Å²) in [5.41, 5.74) is 0.929. The maximum atomic E-state index is 12.5. The van der Waals surface area contributed by atoms with Gasteiger partial charge in [0.1, 0.15) is 0 Å². The Bertz CT molecular complexity index is 849. The fourth-order valence-electron chi connectivity index (χ4n) is 2.11. The lowest BCUT2D eigenvalue weighted by atomic mass is 10.1. The highest BCUT2D eigenvalue weighted by molar-refractivity contribution is 5.94. The summed E-state index contributed by atoms with van der Waals surface area (Å²) in [6, 6.07) is 6.58. The van der Waals surface area contributed by atoms with Gasteiger partial charge in [0.25, 0.3) is 0 Å². The van der Waals surface area contributed by atoms with Gasteiger partial charge in [-0.3, -0.25) is 9.36 Å². The first-order valence-corrected chi connectivity index (χ1v) is 6.45. The minimum absolute atomic E-state index is 0.115. The molecule has 2 heterocycles. The number of alkyl halides is 3. The number of fused-ring (bicyclic) bond motifs is 1. The molecule has 0 radical (unpaired) electrons. The summed E-state index contributed by atoms with van der Waals surface area (Å²) in [5.74, 6) is -1.69. The van der Waals surface area contributed by atoms with Crippen molar-refractivity contribution in [1.29, 1.82) is 0 Å². The van der Waals surface area contributed by atoms with Gasteiger partial charge in [-0.1, -0.05) is 24.2 Å². The lowest BCUT2D eigenvalue weighted by Gasteiger charge is -2.02. The van der Waals surface area contributed by atoms with Crippen LogP contribution in [-0.2, 0) is 6.18 Å². The van der Waals surface area contributed by atoms with Crippen molar-refractivity contribution in [2.75, 3.05) is 0 Å². The largest absolute Gasteiger partial charge is 0.471 e. The van der Waals surface area contributed by atoms with Crippen molar-refractivity contribution in [3.8, 4) is 11.4 Å². The van der Waals surface area contributed by atoms with Gasteiger partial charge in [0.05, 0.1) is 5.52 Å². The zero-order valence-electron chi connectivity index (χ0n) is 11.4. The third kappa shape index (κ3) is 2.36. The number of hydrogen-bond donors (Lipinski definition) is 0. The molecule has 1 aromatic carbocycles. The molecule has 5 nitrogen and oxygen atoms in total. The second kappa shape index (κ2) is 4.97. The van der Waals surface area contributed by atoms with Gasteiger partial charge in [-0.05, 0) is 12.1 Å². The molecule has 3 rings (SSSR count). The normalized spacial score (nSPS) is 12.0. The fraction of sp³-hybridized carbons (Fsp3) is 0.214. The lowest BCUT2D eigenvalue weighted by molar-refractivity contribution is -0.159. The molecule has 0 fully saturated rings. The Kier molecular flexibility index (Phi) is 3.23. The first-order chi connectivity index (χ1) is 10.4. The lowest BCUT2D eigenvalue weighted by Crippen LogP contribution is -2.06. The van der Waals surface area contributed by atoms with Crippen molar-refractivity contribution in [3.63, 3.8) is 0 Å². The Morgan fingerprint density at radius 1 is 1.32 bits per heavy atom. The van der Waals surface area contributed by atoms with E-state index in [1.807, 2.05) is 0 Å². The predicted octanol–water partition coefficient (Wildman–Crippen LogP) is 3.76. The Morgan fingerprint density at radius 3 is 2.73 bits per heavy atom. The molecule has 0 amide bonds. The SMILES string of the molecule is CCC(=O)n1ccc2ccc(-c3noc(C(F)(F)F)n3)cc21. The summed E-state index contributed by atoms with van der Waals surface area (Å²) < 4.78 is 43.1. The summed E-state index contributed by atoms with van der Waals surface area (Å²) in [4.78, 5) is 15.2. The first kappa shape index (κ1) is 14.3. The molecule has 22 heavy (non-hydrogen) atoms. The van der Waals surface area contributed by atoms with Gasteiger partial charge < -0.3 is 4.52 Å². The van der Waals surface area contributed by atoms with Gasteiger partial charge in [-0.2, -0.15) is 18.2 Å². The zero-order chi connectivity index (χ0) is 15.9. The molecule has 0 aliphatic rings. The van der Waals surface area contributed by atoms with Gasteiger partial charge in [0, 0.05) is 23.6 Å². The Hall–Kier alpha value is -2.64. The number of hydrogen-bond acceptors (Lipinski definition) is 4. The Labute approximate surface area is 122 Å². The summed E-state index contributed by atoms with van der Waals surface area (Å²) >= 11 is 0. The smallest absolute Gasteiger partial charge is 0.329 e. The molecular weight excluding hydrogens is 299 g/mol. The van der Waals surface area contributed by atoms with Crippen LogP contribution in [0, 0.1) is 0 Å². The molecule has 0 saturated heterocycles. The number of nitrogens with zero attached hydrogens (tertiary/aromatic N) is 3. The number of benzene rings is 1. The summed E-state index contributed by atoms with van der Waals surface area (Å²) in [6.45, 7) is 1.73.